The standard InChI is InChI=1S/C14H12BrNO3/c15-11-7-13(10(14(17)18)6-12(11)16)19-8-9-4-2-1-3-5-9/h1-7H,8,16H2,(H,17,18). The van der Waals surface area contributed by atoms with Gasteiger partial charge in [-0.3, -0.25) is 0 Å². The molecule has 19 heavy (non-hydrogen) atoms. The highest BCUT2D eigenvalue weighted by atomic mass is 79.9. The van der Waals surface area contributed by atoms with Gasteiger partial charge in [0.05, 0.1) is 0 Å². The quantitative estimate of drug-likeness (QED) is 0.847. The monoisotopic (exact) mass is 321 g/mol. The normalized spacial score (nSPS) is 10.2. The van der Waals surface area contributed by atoms with E-state index in [9.17, 15) is 4.79 Å². The zero-order chi connectivity index (χ0) is 13.8. The molecule has 0 aromatic heterocycles. The van der Waals surface area contributed by atoms with Gasteiger partial charge in [0.2, 0.25) is 0 Å². The van der Waals surface area contributed by atoms with Crippen molar-refractivity contribution in [2.24, 2.45) is 0 Å². The van der Waals surface area contributed by atoms with Gasteiger partial charge < -0.3 is 15.6 Å². The molecule has 0 bridgehead atoms. The molecule has 4 nitrogen and oxygen atoms in total. The van der Waals surface area contributed by atoms with E-state index in [0.717, 1.165) is 5.56 Å². The first kappa shape index (κ1) is 13.4. The minimum Gasteiger partial charge on any atom is -0.488 e. The Morgan fingerprint density at radius 2 is 1.95 bits per heavy atom. The summed E-state index contributed by atoms with van der Waals surface area (Å²) in [6, 6.07) is 12.5. The van der Waals surface area contributed by atoms with Crippen molar-refractivity contribution in [1.29, 1.82) is 0 Å². The number of carboxylic acids is 1. The maximum Gasteiger partial charge on any atom is 0.339 e. The predicted molar refractivity (Wildman–Crippen MR) is 76.3 cm³/mol. The number of rotatable bonds is 4. The minimum absolute atomic E-state index is 0.0524. The van der Waals surface area contributed by atoms with Gasteiger partial charge >= 0.3 is 5.97 Å². The first-order valence-corrected chi connectivity index (χ1v) is 6.36. The van der Waals surface area contributed by atoms with Crippen LogP contribution in [-0.4, -0.2) is 11.1 Å². The van der Waals surface area contributed by atoms with Crippen LogP contribution in [0.3, 0.4) is 0 Å². The number of hydrogen-bond acceptors (Lipinski definition) is 3. The summed E-state index contributed by atoms with van der Waals surface area (Å²) in [4.78, 5) is 11.1. The molecular weight excluding hydrogens is 310 g/mol. The van der Waals surface area contributed by atoms with Gasteiger partial charge in [0.25, 0.3) is 0 Å². The number of nitrogen functional groups attached to an aromatic ring is 1. The number of carbonyl (C=O) groups is 1. The molecular formula is C14H12BrNO3. The molecule has 2 aromatic rings. The van der Waals surface area contributed by atoms with Crippen LogP contribution in [-0.2, 0) is 6.61 Å². The molecule has 0 amide bonds. The summed E-state index contributed by atoms with van der Waals surface area (Å²) in [6.45, 7) is 0.303. The number of aromatic carboxylic acids is 1. The van der Waals surface area contributed by atoms with Crippen molar-refractivity contribution < 1.29 is 14.6 Å². The molecule has 0 aliphatic heterocycles. The fraction of sp³-hybridized carbons (Fsp3) is 0.0714. The fourth-order valence-electron chi connectivity index (χ4n) is 1.59. The van der Waals surface area contributed by atoms with Crippen LogP contribution in [0.1, 0.15) is 15.9 Å². The second-order valence-electron chi connectivity index (χ2n) is 3.95. The smallest absolute Gasteiger partial charge is 0.339 e. The first-order valence-electron chi connectivity index (χ1n) is 5.57. The average Bonchev–Trinajstić information content (AvgIpc) is 2.40. The number of halogens is 1. The lowest BCUT2D eigenvalue weighted by molar-refractivity contribution is 0.0692. The maximum absolute atomic E-state index is 11.1. The van der Waals surface area contributed by atoms with Crippen LogP contribution in [0.5, 0.6) is 5.75 Å². The Morgan fingerprint density at radius 3 is 2.58 bits per heavy atom. The van der Waals surface area contributed by atoms with Gasteiger partial charge in [-0.2, -0.15) is 0 Å². The molecule has 0 fully saturated rings. The van der Waals surface area contributed by atoms with Crippen LogP contribution in [0.2, 0.25) is 0 Å². The molecule has 0 heterocycles. The van der Waals surface area contributed by atoms with Crippen molar-refractivity contribution in [2.75, 3.05) is 5.73 Å². The highest BCUT2D eigenvalue weighted by molar-refractivity contribution is 9.10. The molecule has 0 radical (unpaired) electrons. The lowest BCUT2D eigenvalue weighted by atomic mass is 10.2. The third kappa shape index (κ3) is 3.26. The summed E-state index contributed by atoms with van der Waals surface area (Å²) in [5, 5.41) is 9.13. The molecule has 0 atom stereocenters. The molecule has 2 rings (SSSR count). The van der Waals surface area contributed by atoms with E-state index in [4.69, 9.17) is 15.6 Å². The summed E-state index contributed by atoms with van der Waals surface area (Å²) in [6.07, 6.45) is 0. The van der Waals surface area contributed by atoms with Crippen LogP contribution in [0.25, 0.3) is 0 Å². The number of nitrogens with two attached hydrogens (primary N) is 1. The summed E-state index contributed by atoms with van der Waals surface area (Å²) in [7, 11) is 0. The molecule has 5 heteroatoms. The van der Waals surface area contributed by atoms with Gasteiger partial charge in [-0.1, -0.05) is 30.3 Å². The molecule has 0 aliphatic carbocycles. The van der Waals surface area contributed by atoms with Crippen molar-refractivity contribution in [3.8, 4) is 5.75 Å². The highest BCUT2D eigenvalue weighted by Gasteiger charge is 2.14. The lowest BCUT2D eigenvalue weighted by Crippen LogP contribution is -2.05. The molecule has 3 N–H and O–H groups in total. The van der Waals surface area contributed by atoms with Crippen molar-refractivity contribution in [2.45, 2.75) is 6.61 Å². The van der Waals surface area contributed by atoms with E-state index in [2.05, 4.69) is 15.9 Å². The number of anilines is 1. The average molecular weight is 322 g/mol. The number of ether oxygens (including phenoxy) is 1. The Kier molecular flexibility index (Phi) is 4.06. The van der Waals surface area contributed by atoms with E-state index < -0.39 is 5.97 Å². The van der Waals surface area contributed by atoms with E-state index >= 15 is 0 Å². The Labute approximate surface area is 118 Å². The Morgan fingerprint density at radius 1 is 1.26 bits per heavy atom. The third-order valence-corrected chi connectivity index (χ3v) is 3.25. The van der Waals surface area contributed by atoms with Gasteiger partial charge in [-0.15, -0.1) is 0 Å². The summed E-state index contributed by atoms with van der Waals surface area (Å²) in [5.74, 6) is -0.778. The number of carboxylic acid groups (broad SMARTS) is 1. The molecule has 0 saturated carbocycles. The topological polar surface area (TPSA) is 72.6 Å². The molecule has 98 valence electrons. The highest BCUT2D eigenvalue weighted by Crippen LogP contribution is 2.30. The van der Waals surface area contributed by atoms with Crippen LogP contribution >= 0.6 is 15.9 Å². The minimum atomic E-state index is -1.07. The summed E-state index contributed by atoms with van der Waals surface area (Å²) < 4.78 is 6.17. The van der Waals surface area contributed by atoms with Crippen LogP contribution in [0.4, 0.5) is 5.69 Å². The van der Waals surface area contributed by atoms with Crippen LogP contribution in [0, 0.1) is 0 Å². The van der Waals surface area contributed by atoms with Gasteiger partial charge in [0, 0.05) is 10.2 Å². The van der Waals surface area contributed by atoms with Gasteiger partial charge in [0.15, 0.2) is 0 Å². The third-order valence-electron chi connectivity index (χ3n) is 2.57. The Hall–Kier alpha value is -2.01. The first-order chi connectivity index (χ1) is 9.08. The molecule has 2 aromatic carbocycles. The number of benzene rings is 2. The van der Waals surface area contributed by atoms with E-state index in [-0.39, 0.29) is 11.3 Å². The van der Waals surface area contributed by atoms with Crippen molar-refractivity contribution >= 4 is 27.6 Å². The molecule has 0 spiro atoms. The van der Waals surface area contributed by atoms with Crippen molar-refractivity contribution in [1.82, 2.24) is 0 Å². The summed E-state index contributed by atoms with van der Waals surface area (Å²) >= 11 is 3.26. The SMILES string of the molecule is Nc1cc(C(=O)O)c(OCc2ccccc2)cc1Br. The Balaban J connectivity index is 2.24. The summed E-state index contributed by atoms with van der Waals surface area (Å²) in [5.41, 5.74) is 7.05. The van der Waals surface area contributed by atoms with Gasteiger partial charge in [-0.05, 0) is 33.6 Å². The second kappa shape index (κ2) is 5.75. The van der Waals surface area contributed by atoms with Gasteiger partial charge in [-0.25, -0.2) is 4.79 Å². The zero-order valence-electron chi connectivity index (χ0n) is 9.97. The maximum atomic E-state index is 11.1. The van der Waals surface area contributed by atoms with Crippen LogP contribution < -0.4 is 10.5 Å². The largest absolute Gasteiger partial charge is 0.488 e. The predicted octanol–water partition coefficient (Wildman–Crippen LogP) is 3.31. The lowest BCUT2D eigenvalue weighted by Gasteiger charge is -2.11. The van der Waals surface area contributed by atoms with E-state index in [1.54, 1.807) is 6.07 Å². The van der Waals surface area contributed by atoms with E-state index in [1.165, 1.54) is 6.07 Å². The van der Waals surface area contributed by atoms with Crippen LogP contribution in [0.15, 0.2) is 46.9 Å². The Bertz CT molecular complexity index is 599. The molecule has 0 aliphatic rings. The van der Waals surface area contributed by atoms with Crippen molar-refractivity contribution in [3.05, 3.63) is 58.1 Å². The van der Waals surface area contributed by atoms with Crippen molar-refractivity contribution in [3.63, 3.8) is 0 Å². The van der Waals surface area contributed by atoms with Gasteiger partial charge in [0.1, 0.15) is 17.9 Å². The second-order valence-corrected chi connectivity index (χ2v) is 4.80. The molecule has 0 saturated heterocycles. The molecule has 0 unspecified atom stereocenters. The van der Waals surface area contributed by atoms with E-state index in [0.29, 0.717) is 16.8 Å². The zero-order valence-corrected chi connectivity index (χ0v) is 11.6. The number of hydrogen-bond donors (Lipinski definition) is 2. The fourth-order valence-corrected chi connectivity index (χ4v) is 1.92. The van der Waals surface area contributed by atoms with E-state index in [1.807, 2.05) is 30.3 Å².